The van der Waals surface area contributed by atoms with Gasteiger partial charge in [-0.1, -0.05) is 19.8 Å². The Hall–Kier alpha value is -1.38. The van der Waals surface area contributed by atoms with Crippen LogP contribution in [0.25, 0.3) is 0 Å². The second-order valence-electron chi connectivity index (χ2n) is 6.11. The van der Waals surface area contributed by atoms with Crippen molar-refractivity contribution in [1.29, 1.82) is 0 Å². The number of Topliss-reactive ketones (excluding diaryl/α,β-unsaturated/α-hetero) is 1. The number of nitrogens with zero attached hydrogens (tertiary/aromatic N) is 1. The van der Waals surface area contributed by atoms with E-state index in [4.69, 9.17) is 0 Å². The summed E-state index contributed by atoms with van der Waals surface area (Å²) in [7, 11) is 2.03. The molecule has 2 nitrogen and oxygen atoms in total. The molecule has 3 heteroatoms. The Bertz CT molecular complexity index is 512. The third-order valence-corrected chi connectivity index (χ3v) is 4.60. The predicted octanol–water partition coefficient (Wildman–Crippen LogP) is 4.35. The molecule has 0 heterocycles. The van der Waals surface area contributed by atoms with Gasteiger partial charge in [0.1, 0.15) is 5.82 Å². The summed E-state index contributed by atoms with van der Waals surface area (Å²) in [5, 5.41) is 0. The summed E-state index contributed by atoms with van der Waals surface area (Å²) in [5.41, 5.74) is 1.96. The molecule has 2 unspecified atom stereocenters. The van der Waals surface area contributed by atoms with Crippen LogP contribution >= 0.6 is 0 Å². The molecule has 0 saturated heterocycles. The van der Waals surface area contributed by atoms with Gasteiger partial charge in [0.2, 0.25) is 0 Å². The van der Waals surface area contributed by atoms with E-state index >= 15 is 0 Å². The minimum Gasteiger partial charge on any atom is -0.371 e. The molecule has 1 saturated carbocycles. The van der Waals surface area contributed by atoms with Gasteiger partial charge in [0.15, 0.2) is 5.78 Å². The van der Waals surface area contributed by atoms with Gasteiger partial charge in [0.25, 0.3) is 0 Å². The standard InChI is InChI=1S/C17H24FNO/c1-11-7-5-6-8-16(11)19(4)17-9-12(2)15(18)10-14(17)13(3)20/h9-11,16H,5-8H2,1-4H3. The van der Waals surface area contributed by atoms with Crippen LogP contribution < -0.4 is 4.90 Å². The first kappa shape index (κ1) is 15.0. The topological polar surface area (TPSA) is 20.3 Å². The lowest BCUT2D eigenvalue weighted by Gasteiger charge is -2.38. The van der Waals surface area contributed by atoms with Gasteiger partial charge in [0.05, 0.1) is 0 Å². The second-order valence-corrected chi connectivity index (χ2v) is 6.11. The lowest BCUT2D eigenvalue weighted by atomic mass is 9.84. The first-order valence-electron chi connectivity index (χ1n) is 7.45. The zero-order chi connectivity index (χ0) is 14.9. The number of hydrogen-bond donors (Lipinski definition) is 0. The molecule has 20 heavy (non-hydrogen) atoms. The van der Waals surface area contributed by atoms with Crippen molar-refractivity contribution in [3.05, 3.63) is 29.1 Å². The summed E-state index contributed by atoms with van der Waals surface area (Å²) in [6.07, 6.45) is 4.89. The van der Waals surface area contributed by atoms with Crippen LogP contribution in [0.3, 0.4) is 0 Å². The molecule has 0 amide bonds. The highest BCUT2D eigenvalue weighted by Gasteiger charge is 2.27. The van der Waals surface area contributed by atoms with Crippen molar-refractivity contribution in [2.45, 2.75) is 52.5 Å². The van der Waals surface area contributed by atoms with Crippen molar-refractivity contribution in [1.82, 2.24) is 0 Å². The molecular formula is C17H24FNO. The Morgan fingerprint density at radius 1 is 1.30 bits per heavy atom. The molecule has 0 N–H and O–H groups in total. The number of hydrogen-bond acceptors (Lipinski definition) is 2. The monoisotopic (exact) mass is 277 g/mol. The molecule has 2 rings (SSSR count). The number of halogens is 1. The van der Waals surface area contributed by atoms with Gasteiger partial charge < -0.3 is 4.90 Å². The lowest BCUT2D eigenvalue weighted by molar-refractivity contribution is 0.101. The van der Waals surface area contributed by atoms with Crippen molar-refractivity contribution in [2.24, 2.45) is 5.92 Å². The van der Waals surface area contributed by atoms with E-state index in [9.17, 15) is 9.18 Å². The van der Waals surface area contributed by atoms with E-state index in [1.54, 1.807) is 6.92 Å². The van der Waals surface area contributed by atoms with E-state index in [0.717, 1.165) is 12.1 Å². The zero-order valence-corrected chi connectivity index (χ0v) is 12.9. The van der Waals surface area contributed by atoms with E-state index in [1.807, 2.05) is 13.1 Å². The van der Waals surface area contributed by atoms with E-state index in [-0.39, 0.29) is 11.6 Å². The van der Waals surface area contributed by atoms with E-state index < -0.39 is 0 Å². The number of carbonyl (C=O) groups is 1. The molecule has 1 fully saturated rings. The van der Waals surface area contributed by atoms with Crippen LogP contribution in [-0.4, -0.2) is 18.9 Å². The largest absolute Gasteiger partial charge is 0.371 e. The summed E-state index contributed by atoms with van der Waals surface area (Å²) in [6.45, 7) is 5.52. The highest BCUT2D eigenvalue weighted by Crippen LogP contribution is 2.33. The molecule has 110 valence electrons. The summed E-state index contributed by atoms with van der Waals surface area (Å²) in [4.78, 5) is 14.0. The molecule has 0 radical (unpaired) electrons. The molecule has 0 bridgehead atoms. The van der Waals surface area contributed by atoms with Crippen molar-refractivity contribution in [2.75, 3.05) is 11.9 Å². The summed E-state index contributed by atoms with van der Waals surface area (Å²) >= 11 is 0. The normalized spacial score (nSPS) is 22.6. The van der Waals surface area contributed by atoms with E-state index in [0.29, 0.717) is 23.1 Å². The van der Waals surface area contributed by atoms with Crippen LogP contribution in [0.15, 0.2) is 12.1 Å². The fourth-order valence-electron chi connectivity index (χ4n) is 3.29. The number of anilines is 1. The SMILES string of the molecule is CC(=O)c1cc(F)c(C)cc1N(C)C1CCCCC1C. The Labute approximate surface area is 121 Å². The molecule has 1 aliphatic rings. The van der Waals surface area contributed by atoms with Gasteiger partial charge in [-0.2, -0.15) is 0 Å². The Balaban J connectivity index is 2.39. The maximum atomic E-state index is 13.7. The molecule has 0 aromatic heterocycles. The molecule has 0 aliphatic heterocycles. The summed E-state index contributed by atoms with van der Waals surface area (Å²) < 4.78 is 13.7. The zero-order valence-electron chi connectivity index (χ0n) is 12.9. The molecule has 0 spiro atoms. The fourth-order valence-corrected chi connectivity index (χ4v) is 3.29. The molecule has 1 aliphatic carbocycles. The molecule has 2 atom stereocenters. The highest BCUT2D eigenvalue weighted by molar-refractivity contribution is 6.00. The van der Waals surface area contributed by atoms with Crippen molar-refractivity contribution < 1.29 is 9.18 Å². The van der Waals surface area contributed by atoms with Crippen molar-refractivity contribution in [3.63, 3.8) is 0 Å². The fraction of sp³-hybridized carbons (Fsp3) is 0.588. The number of aryl methyl sites for hydroxylation is 1. The Morgan fingerprint density at radius 2 is 1.95 bits per heavy atom. The third kappa shape index (κ3) is 2.87. The minimum absolute atomic E-state index is 0.0748. The maximum Gasteiger partial charge on any atom is 0.161 e. The number of ketones is 1. The average Bonchev–Trinajstić information content (AvgIpc) is 2.41. The smallest absolute Gasteiger partial charge is 0.161 e. The number of carbonyl (C=O) groups excluding carboxylic acids is 1. The van der Waals surface area contributed by atoms with Gasteiger partial charge >= 0.3 is 0 Å². The van der Waals surface area contributed by atoms with Crippen molar-refractivity contribution in [3.8, 4) is 0 Å². The maximum absolute atomic E-state index is 13.7. The number of rotatable bonds is 3. The Morgan fingerprint density at radius 3 is 2.55 bits per heavy atom. The molecular weight excluding hydrogens is 253 g/mol. The molecule has 1 aromatic carbocycles. The Kier molecular flexibility index (Phi) is 4.46. The van der Waals surface area contributed by atoms with Crippen LogP contribution in [-0.2, 0) is 0 Å². The molecule has 1 aromatic rings. The van der Waals surface area contributed by atoms with Crippen LogP contribution in [0, 0.1) is 18.7 Å². The predicted molar refractivity (Wildman–Crippen MR) is 81.0 cm³/mol. The van der Waals surface area contributed by atoms with Crippen molar-refractivity contribution >= 4 is 11.5 Å². The van der Waals surface area contributed by atoms with Crippen LogP contribution in [0.4, 0.5) is 10.1 Å². The quantitative estimate of drug-likeness (QED) is 0.765. The average molecular weight is 277 g/mol. The van der Waals surface area contributed by atoms with E-state index in [2.05, 4.69) is 11.8 Å². The van der Waals surface area contributed by atoms with Crippen LogP contribution in [0.2, 0.25) is 0 Å². The van der Waals surface area contributed by atoms with Gasteiger partial charge in [0, 0.05) is 24.3 Å². The van der Waals surface area contributed by atoms with E-state index in [1.165, 1.54) is 32.3 Å². The first-order valence-corrected chi connectivity index (χ1v) is 7.45. The van der Waals surface area contributed by atoms with Gasteiger partial charge in [-0.05, 0) is 50.3 Å². The number of benzene rings is 1. The van der Waals surface area contributed by atoms with Crippen LogP contribution in [0.5, 0.6) is 0 Å². The minimum atomic E-state index is -0.302. The summed E-state index contributed by atoms with van der Waals surface area (Å²) in [5.74, 6) is 0.233. The first-order chi connectivity index (χ1) is 9.41. The van der Waals surface area contributed by atoms with Gasteiger partial charge in [-0.25, -0.2) is 4.39 Å². The third-order valence-electron chi connectivity index (χ3n) is 4.60. The summed E-state index contributed by atoms with van der Waals surface area (Å²) in [6, 6.07) is 3.64. The van der Waals surface area contributed by atoms with Crippen LogP contribution in [0.1, 0.15) is 55.5 Å². The van der Waals surface area contributed by atoms with Gasteiger partial charge in [-0.3, -0.25) is 4.79 Å². The van der Waals surface area contributed by atoms with Gasteiger partial charge in [-0.15, -0.1) is 0 Å². The highest BCUT2D eigenvalue weighted by atomic mass is 19.1. The second kappa shape index (κ2) is 5.94. The lowest BCUT2D eigenvalue weighted by Crippen LogP contribution is -2.39.